The molecule has 0 bridgehead atoms. The maximum atomic E-state index is 13.1. The van der Waals surface area contributed by atoms with E-state index in [2.05, 4.69) is 63.1 Å². The van der Waals surface area contributed by atoms with Crippen molar-refractivity contribution in [2.24, 2.45) is 0 Å². The molecule has 4 N–H and O–H groups in total. The molecule has 2 aromatic heterocycles. The van der Waals surface area contributed by atoms with Crippen LogP contribution in [-0.2, 0) is 12.0 Å². The van der Waals surface area contributed by atoms with Crippen molar-refractivity contribution in [1.29, 1.82) is 0 Å². The number of hydrogen-bond donors (Lipinski definition) is 4. The van der Waals surface area contributed by atoms with Crippen molar-refractivity contribution < 1.29 is 4.79 Å². The second-order valence-electron chi connectivity index (χ2n) is 8.72. The standard InChI is InChI=1S/C24H29N7O/c1-15-13-24(2,3)19-8-7-16(12-20(19)29-15)30-22(32)18-6-5-10-26-21(18)28-14-17-9-11-27-23(25-4)31-17/h5-12,15,29H,13-14H2,1-4H3,(H,26,28)(H,30,32)(H,25,27,31). The highest BCUT2D eigenvalue weighted by atomic mass is 16.1. The maximum Gasteiger partial charge on any atom is 0.259 e. The van der Waals surface area contributed by atoms with Crippen LogP contribution in [0.4, 0.5) is 23.1 Å². The van der Waals surface area contributed by atoms with E-state index in [1.165, 1.54) is 5.56 Å². The molecule has 8 heteroatoms. The number of hydrogen-bond acceptors (Lipinski definition) is 7. The van der Waals surface area contributed by atoms with Gasteiger partial charge in [0.2, 0.25) is 5.95 Å². The molecule has 1 atom stereocenters. The van der Waals surface area contributed by atoms with E-state index in [0.29, 0.717) is 29.9 Å². The fourth-order valence-corrected chi connectivity index (χ4v) is 4.24. The fraction of sp³-hybridized carbons (Fsp3) is 0.333. The highest BCUT2D eigenvalue weighted by Crippen LogP contribution is 2.40. The number of fused-ring (bicyclic) bond motifs is 1. The Morgan fingerprint density at radius 1 is 1.19 bits per heavy atom. The molecule has 3 aromatic rings. The number of nitrogens with one attached hydrogen (secondary N) is 4. The molecule has 4 rings (SSSR count). The van der Waals surface area contributed by atoms with E-state index >= 15 is 0 Å². The van der Waals surface area contributed by atoms with Crippen molar-refractivity contribution in [2.75, 3.05) is 28.3 Å². The van der Waals surface area contributed by atoms with Crippen molar-refractivity contribution in [1.82, 2.24) is 15.0 Å². The molecule has 0 saturated carbocycles. The summed E-state index contributed by atoms with van der Waals surface area (Å²) in [5, 5.41) is 12.7. The molecule has 0 spiro atoms. The lowest BCUT2D eigenvalue weighted by Gasteiger charge is -2.37. The van der Waals surface area contributed by atoms with E-state index in [1.807, 2.05) is 18.2 Å². The molecular weight excluding hydrogens is 402 g/mol. The summed E-state index contributed by atoms with van der Waals surface area (Å²) >= 11 is 0. The zero-order valence-electron chi connectivity index (χ0n) is 18.9. The van der Waals surface area contributed by atoms with Crippen molar-refractivity contribution in [3.8, 4) is 0 Å². The SMILES string of the molecule is CNc1nccc(CNc2ncccc2C(=O)Nc2ccc3c(c2)NC(C)CC3(C)C)n1. The minimum atomic E-state index is -0.220. The second-order valence-corrected chi connectivity index (χ2v) is 8.72. The number of carbonyl (C=O) groups excluding carboxylic acids is 1. The summed E-state index contributed by atoms with van der Waals surface area (Å²) in [6.07, 6.45) is 4.41. The molecule has 1 unspecified atom stereocenters. The van der Waals surface area contributed by atoms with Crippen molar-refractivity contribution in [3.05, 3.63) is 65.6 Å². The minimum Gasteiger partial charge on any atom is -0.382 e. The van der Waals surface area contributed by atoms with Crippen LogP contribution < -0.4 is 21.3 Å². The molecule has 8 nitrogen and oxygen atoms in total. The van der Waals surface area contributed by atoms with Crippen molar-refractivity contribution in [2.45, 2.75) is 45.2 Å². The van der Waals surface area contributed by atoms with Gasteiger partial charge in [-0.25, -0.2) is 15.0 Å². The maximum absolute atomic E-state index is 13.1. The monoisotopic (exact) mass is 431 g/mol. The molecule has 1 amide bonds. The predicted octanol–water partition coefficient (Wildman–Crippen LogP) is 4.26. The molecule has 0 fully saturated rings. The smallest absolute Gasteiger partial charge is 0.259 e. The van der Waals surface area contributed by atoms with Gasteiger partial charge in [0.15, 0.2) is 0 Å². The quantitative estimate of drug-likeness (QED) is 0.462. The second kappa shape index (κ2) is 8.82. The lowest BCUT2D eigenvalue weighted by atomic mass is 9.76. The molecule has 32 heavy (non-hydrogen) atoms. The first-order valence-corrected chi connectivity index (χ1v) is 10.8. The number of pyridine rings is 1. The number of anilines is 4. The highest BCUT2D eigenvalue weighted by molar-refractivity contribution is 6.07. The number of nitrogens with zero attached hydrogens (tertiary/aromatic N) is 3. The van der Waals surface area contributed by atoms with E-state index < -0.39 is 0 Å². The van der Waals surface area contributed by atoms with Crippen LogP contribution in [0.15, 0.2) is 48.8 Å². The summed E-state index contributed by atoms with van der Waals surface area (Å²) < 4.78 is 0. The highest BCUT2D eigenvalue weighted by Gasteiger charge is 2.31. The van der Waals surface area contributed by atoms with Crippen LogP contribution in [-0.4, -0.2) is 33.9 Å². The number of benzene rings is 1. The Hall–Kier alpha value is -3.68. The van der Waals surface area contributed by atoms with Crippen molar-refractivity contribution >= 4 is 29.0 Å². The molecule has 1 aromatic carbocycles. The van der Waals surface area contributed by atoms with Gasteiger partial charge in [-0.15, -0.1) is 0 Å². The average Bonchev–Trinajstić information content (AvgIpc) is 2.77. The largest absolute Gasteiger partial charge is 0.382 e. The summed E-state index contributed by atoms with van der Waals surface area (Å²) in [6, 6.07) is 11.8. The molecule has 3 heterocycles. The van der Waals surface area contributed by atoms with Crippen LogP contribution in [0.5, 0.6) is 0 Å². The Labute approximate surface area is 188 Å². The van der Waals surface area contributed by atoms with Gasteiger partial charge in [-0.3, -0.25) is 4.79 Å². The fourth-order valence-electron chi connectivity index (χ4n) is 4.24. The average molecular weight is 432 g/mol. The van der Waals surface area contributed by atoms with E-state index in [4.69, 9.17) is 0 Å². The summed E-state index contributed by atoms with van der Waals surface area (Å²) in [7, 11) is 1.77. The third-order valence-electron chi connectivity index (χ3n) is 5.65. The van der Waals surface area contributed by atoms with Crippen LogP contribution in [0.2, 0.25) is 0 Å². The number of aromatic nitrogens is 3. The summed E-state index contributed by atoms with van der Waals surface area (Å²) in [5.74, 6) is 0.824. The summed E-state index contributed by atoms with van der Waals surface area (Å²) in [5.41, 5.74) is 4.43. The normalized spacial score (nSPS) is 16.4. The van der Waals surface area contributed by atoms with Gasteiger partial charge in [0.1, 0.15) is 5.82 Å². The van der Waals surface area contributed by atoms with Crippen molar-refractivity contribution in [3.63, 3.8) is 0 Å². The molecule has 0 radical (unpaired) electrons. The van der Waals surface area contributed by atoms with E-state index in [1.54, 1.807) is 31.6 Å². The number of carbonyl (C=O) groups is 1. The summed E-state index contributed by atoms with van der Waals surface area (Å²) in [6.45, 7) is 7.11. The predicted molar refractivity (Wildman–Crippen MR) is 128 cm³/mol. The van der Waals surface area contributed by atoms with Crippen LogP contribution in [0, 0.1) is 0 Å². The Morgan fingerprint density at radius 3 is 2.84 bits per heavy atom. The third kappa shape index (κ3) is 4.64. The van der Waals surface area contributed by atoms with Gasteiger partial charge >= 0.3 is 0 Å². The zero-order chi connectivity index (χ0) is 22.7. The number of rotatable bonds is 6. The van der Waals surface area contributed by atoms with Crippen LogP contribution in [0.1, 0.15) is 48.8 Å². The Morgan fingerprint density at radius 2 is 2.03 bits per heavy atom. The molecule has 0 saturated heterocycles. The third-order valence-corrected chi connectivity index (χ3v) is 5.65. The Balaban J connectivity index is 1.50. The van der Waals surface area contributed by atoms with Gasteiger partial charge in [-0.2, -0.15) is 0 Å². The topological polar surface area (TPSA) is 104 Å². The molecule has 166 valence electrons. The van der Waals surface area contributed by atoms with Gasteiger partial charge in [0.05, 0.1) is 17.8 Å². The first kappa shape index (κ1) is 21.5. The molecule has 1 aliphatic rings. The Kier molecular flexibility index (Phi) is 5.94. The van der Waals surface area contributed by atoms with Gasteiger partial charge in [0, 0.05) is 36.9 Å². The van der Waals surface area contributed by atoms with Crippen LogP contribution in [0.25, 0.3) is 0 Å². The molecule has 0 aliphatic carbocycles. The minimum absolute atomic E-state index is 0.0944. The molecular formula is C24H29N7O. The first-order valence-electron chi connectivity index (χ1n) is 10.8. The van der Waals surface area contributed by atoms with Gasteiger partial charge in [-0.1, -0.05) is 19.9 Å². The zero-order valence-corrected chi connectivity index (χ0v) is 18.9. The van der Waals surface area contributed by atoms with E-state index in [9.17, 15) is 4.79 Å². The van der Waals surface area contributed by atoms with Gasteiger partial charge < -0.3 is 21.3 Å². The Bertz CT molecular complexity index is 1130. The molecule has 1 aliphatic heterocycles. The van der Waals surface area contributed by atoms with Crippen LogP contribution >= 0.6 is 0 Å². The lowest BCUT2D eigenvalue weighted by Crippen LogP contribution is -2.34. The summed E-state index contributed by atoms with van der Waals surface area (Å²) in [4.78, 5) is 25.9. The van der Waals surface area contributed by atoms with E-state index in [-0.39, 0.29) is 11.3 Å². The van der Waals surface area contributed by atoms with E-state index in [0.717, 1.165) is 23.5 Å². The van der Waals surface area contributed by atoms with Crippen LogP contribution in [0.3, 0.4) is 0 Å². The first-order chi connectivity index (χ1) is 15.4. The van der Waals surface area contributed by atoms with Gasteiger partial charge in [0.25, 0.3) is 5.91 Å². The lowest BCUT2D eigenvalue weighted by molar-refractivity contribution is 0.102. The van der Waals surface area contributed by atoms with Gasteiger partial charge in [-0.05, 0) is 54.7 Å². The number of amides is 1.